The molecule has 8 aromatic carbocycles. The molecule has 0 saturated heterocycles. The van der Waals surface area contributed by atoms with Crippen molar-refractivity contribution in [2.45, 2.75) is 0 Å². The van der Waals surface area contributed by atoms with Crippen molar-refractivity contribution in [2.75, 3.05) is 0 Å². The Hall–Kier alpha value is -7.89. The van der Waals surface area contributed by atoms with Gasteiger partial charge in [0.05, 0.1) is 27.9 Å². The maximum atomic E-state index is 6.36. The number of pyridine rings is 1. The van der Waals surface area contributed by atoms with Crippen LogP contribution >= 0.6 is 0 Å². The van der Waals surface area contributed by atoms with Gasteiger partial charge in [0.1, 0.15) is 17.0 Å². The predicted molar refractivity (Wildman–Crippen MR) is 238 cm³/mol. The summed E-state index contributed by atoms with van der Waals surface area (Å²) in [5, 5.41) is 7.98. The molecule has 0 spiro atoms. The average molecular weight is 741 g/mol. The molecule has 0 amide bonds. The second kappa shape index (κ2) is 12.8. The summed E-state index contributed by atoms with van der Waals surface area (Å²) >= 11 is 0. The molecule has 0 N–H and O–H groups in total. The first-order valence-corrected chi connectivity index (χ1v) is 19.5. The van der Waals surface area contributed by atoms with E-state index >= 15 is 0 Å². The lowest BCUT2D eigenvalue weighted by Crippen LogP contribution is -2.02. The summed E-state index contributed by atoms with van der Waals surface area (Å²) in [4.78, 5) is 15.7. The van der Waals surface area contributed by atoms with Crippen molar-refractivity contribution in [1.29, 1.82) is 0 Å². The van der Waals surface area contributed by atoms with E-state index in [0.29, 0.717) is 5.82 Å². The Balaban J connectivity index is 1.01. The lowest BCUT2D eigenvalue weighted by atomic mass is 9.94. The van der Waals surface area contributed by atoms with Crippen molar-refractivity contribution in [3.05, 3.63) is 194 Å². The van der Waals surface area contributed by atoms with Crippen molar-refractivity contribution < 1.29 is 4.42 Å². The SMILES string of the molecule is c1ccc(-c2nc(-c3ccc(-c4ccc5c(c4)nc(-c4ccccc4)c4ccc6oc7ccccc7c6c45)cc3)cc(-n3c4ccccc4c4ccccc43)n2)cc1. The fourth-order valence-corrected chi connectivity index (χ4v) is 8.72. The molecule has 5 heteroatoms. The molecule has 0 aliphatic rings. The van der Waals surface area contributed by atoms with E-state index in [2.05, 4.69) is 162 Å². The first kappa shape index (κ1) is 32.4. The third-order valence-corrected chi connectivity index (χ3v) is 11.4. The molecule has 0 aliphatic carbocycles. The van der Waals surface area contributed by atoms with Gasteiger partial charge in [-0.05, 0) is 47.5 Å². The van der Waals surface area contributed by atoms with Crippen molar-refractivity contribution in [3.8, 4) is 50.8 Å². The van der Waals surface area contributed by atoms with Crippen LogP contribution < -0.4 is 0 Å². The molecule has 0 aliphatic heterocycles. The van der Waals surface area contributed by atoms with Gasteiger partial charge in [-0.15, -0.1) is 0 Å². The molecule has 0 fully saturated rings. The van der Waals surface area contributed by atoms with Crippen LogP contribution in [-0.2, 0) is 0 Å². The molecule has 12 rings (SSSR count). The van der Waals surface area contributed by atoms with E-state index in [1.165, 1.54) is 10.8 Å². The predicted octanol–water partition coefficient (Wildman–Crippen LogP) is 13.8. The second-order valence-electron chi connectivity index (χ2n) is 14.8. The van der Waals surface area contributed by atoms with Crippen LogP contribution in [0, 0.1) is 0 Å². The molecule has 58 heavy (non-hydrogen) atoms. The highest BCUT2D eigenvalue weighted by Crippen LogP contribution is 2.42. The van der Waals surface area contributed by atoms with Crippen molar-refractivity contribution in [1.82, 2.24) is 19.5 Å². The average Bonchev–Trinajstić information content (AvgIpc) is 3.85. The number of nitrogens with zero attached hydrogens (tertiary/aromatic N) is 4. The fraction of sp³-hybridized carbons (Fsp3) is 0. The highest BCUT2D eigenvalue weighted by atomic mass is 16.3. The number of aromatic nitrogens is 4. The maximum Gasteiger partial charge on any atom is 0.162 e. The first-order valence-electron chi connectivity index (χ1n) is 19.5. The molecule has 0 saturated carbocycles. The zero-order valence-corrected chi connectivity index (χ0v) is 31.2. The molecular weight excluding hydrogens is 709 g/mol. The van der Waals surface area contributed by atoms with E-state index in [1.807, 2.05) is 36.4 Å². The summed E-state index contributed by atoms with van der Waals surface area (Å²) in [5.41, 5.74) is 12.0. The monoisotopic (exact) mass is 740 g/mol. The van der Waals surface area contributed by atoms with Crippen LogP contribution in [0.3, 0.4) is 0 Å². The van der Waals surface area contributed by atoms with Crippen LogP contribution in [0.2, 0.25) is 0 Å². The third-order valence-electron chi connectivity index (χ3n) is 11.4. The molecule has 4 aromatic heterocycles. The Bertz CT molecular complexity index is 3500. The molecule has 0 bridgehead atoms. The van der Waals surface area contributed by atoms with Crippen LogP contribution in [0.1, 0.15) is 0 Å². The highest BCUT2D eigenvalue weighted by Gasteiger charge is 2.19. The van der Waals surface area contributed by atoms with Gasteiger partial charge in [0.2, 0.25) is 0 Å². The number of hydrogen-bond donors (Lipinski definition) is 0. The quantitative estimate of drug-likeness (QED) is 0.165. The molecule has 0 unspecified atom stereocenters. The van der Waals surface area contributed by atoms with Crippen molar-refractivity contribution >= 4 is 65.4 Å². The van der Waals surface area contributed by atoms with Gasteiger partial charge in [-0.1, -0.05) is 152 Å². The molecule has 0 radical (unpaired) electrons. The van der Waals surface area contributed by atoms with Gasteiger partial charge in [-0.3, -0.25) is 4.57 Å². The standard InChI is InChI=1S/C53H32N4O/c1-3-13-35(14-4-1)52-42-29-30-48-51(41-19-9-12-22-47(41)58-48)50(42)40-28-27-37(31-44(40)54-52)33-23-25-34(26-24-33)43-32-49(56-53(55-43)36-15-5-2-6-16-36)57-45-20-10-7-17-38(45)39-18-8-11-21-46(39)57/h1-32H. The molecular formula is C53H32N4O. The van der Waals surface area contributed by atoms with E-state index in [1.54, 1.807) is 0 Å². The van der Waals surface area contributed by atoms with E-state index in [9.17, 15) is 0 Å². The number of para-hydroxylation sites is 3. The summed E-state index contributed by atoms with van der Waals surface area (Å²) in [5.74, 6) is 1.51. The van der Waals surface area contributed by atoms with Gasteiger partial charge >= 0.3 is 0 Å². The first-order chi connectivity index (χ1) is 28.7. The van der Waals surface area contributed by atoms with Crippen LogP contribution in [-0.4, -0.2) is 19.5 Å². The van der Waals surface area contributed by atoms with Gasteiger partial charge in [-0.25, -0.2) is 15.0 Å². The molecule has 270 valence electrons. The van der Waals surface area contributed by atoms with Crippen LogP contribution in [0.25, 0.3) is 116 Å². The summed E-state index contributed by atoms with van der Waals surface area (Å²) in [6.45, 7) is 0. The lowest BCUT2D eigenvalue weighted by Gasteiger charge is -2.13. The molecule has 4 heterocycles. The van der Waals surface area contributed by atoms with Gasteiger partial charge in [-0.2, -0.15) is 0 Å². The van der Waals surface area contributed by atoms with E-state index in [4.69, 9.17) is 19.4 Å². The van der Waals surface area contributed by atoms with E-state index < -0.39 is 0 Å². The summed E-state index contributed by atoms with van der Waals surface area (Å²) in [6.07, 6.45) is 0. The second-order valence-corrected chi connectivity index (χ2v) is 14.8. The van der Waals surface area contributed by atoms with Crippen LogP contribution in [0.15, 0.2) is 199 Å². The molecule has 12 aromatic rings. The topological polar surface area (TPSA) is 56.7 Å². The number of rotatable bonds is 5. The number of hydrogen-bond acceptors (Lipinski definition) is 4. The third kappa shape index (κ3) is 5.07. The Kier molecular flexibility index (Phi) is 7.16. The van der Waals surface area contributed by atoms with Gasteiger partial charge in [0, 0.05) is 60.5 Å². The zero-order chi connectivity index (χ0) is 38.2. The zero-order valence-electron chi connectivity index (χ0n) is 31.2. The summed E-state index contributed by atoms with van der Waals surface area (Å²) in [7, 11) is 0. The Morgan fingerprint density at radius 1 is 0.362 bits per heavy atom. The van der Waals surface area contributed by atoms with Crippen LogP contribution in [0.5, 0.6) is 0 Å². The lowest BCUT2D eigenvalue weighted by molar-refractivity contribution is 0.669. The number of furan rings is 1. The molecule has 0 atom stereocenters. The summed E-state index contributed by atoms with van der Waals surface area (Å²) < 4.78 is 8.62. The van der Waals surface area contributed by atoms with Gasteiger partial charge in [0.25, 0.3) is 0 Å². The Morgan fingerprint density at radius 3 is 1.71 bits per heavy atom. The maximum absolute atomic E-state index is 6.36. The number of benzene rings is 8. The van der Waals surface area contributed by atoms with Gasteiger partial charge in [0.15, 0.2) is 5.82 Å². The minimum absolute atomic E-state index is 0.681. The highest BCUT2D eigenvalue weighted by molar-refractivity contribution is 6.28. The van der Waals surface area contributed by atoms with Gasteiger partial charge < -0.3 is 4.42 Å². The molecule has 5 nitrogen and oxygen atoms in total. The van der Waals surface area contributed by atoms with Crippen molar-refractivity contribution in [3.63, 3.8) is 0 Å². The van der Waals surface area contributed by atoms with Crippen LogP contribution in [0.4, 0.5) is 0 Å². The van der Waals surface area contributed by atoms with Crippen molar-refractivity contribution in [2.24, 2.45) is 0 Å². The minimum Gasteiger partial charge on any atom is -0.456 e. The number of fused-ring (bicyclic) bond motifs is 10. The van der Waals surface area contributed by atoms with E-state index in [0.717, 1.165) is 99.7 Å². The normalized spacial score (nSPS) is 11.8. The summed E-state index contributed by atoms with van der Waals surface area (Å²) in [6, 6.07) is 67.7. The smallest absolute Gasteiger partial charge is 0.162 e. The largest absolute Gasteiger partial charge is 0.456 e. The van der Waals surface area contributed by atoms with E-state index in [-0.39, 0.29) is 0 Å². The fourth-order valence-electron chi connectivity index (χ4n) is 8.72. The Labute approximate surface area is 333 Å². The Morgan fingerprint density at radius 2 is 0.966 bits per heavy atom. The minimum atomic E-state index is 0.681.